The normalized spacial score (nSPS) is 15.7. The molecule has 1 heteroatoms. The molecule has 0 amide bonds. The van der Waals surface area contributed by atoms with Crippen LogP contribution in [0.25, 0.3) is 10.9 Å². The van der Waals surface area contributed by atoms with Gasteiger partial charge in [0.1, 0.15) is 0 Å². The Bertz CT molecular complexity index is 709. The third-order valence-corrected chi connectivity index (χ3v) is 4.32. The summed E-state index contributed by atoms with van der Waals surface area (Å²) < 4.78 is 0. The van der Waals surface area contributed by atoms with Crippen LogP contribution in [-0.2, 0) is 6.42 Å². The zero-order valence-electron chi connectivity index (χ0n) is 14.9. The van der Waals surface area contributed by atoms with E-state index in [1.165, 1.54) is 47.0 Å². The molecule has 1 aliphatic rings. The highest BCUT2D eigenvalue weighted by Gasteiger charge is 2.24. The molecule has 0 saturated heterocycles. The van der Waals surface area contributed by atoms with E-state index >= 15 is 0 Å². The fourth-order valence-electron chi connectivity index (χ4n) is 3.43. The van der Waals surface area contributed by atoms with Crippen molar-refractivity contribution >= 4 is 10.9 Å². The molecule has 1 N–H and O–H groups in total. The van der Waals surface area contributed by atoms with Crippen molar-refractivity contribution in [3.63, 3.8) is 0 Å². The van der Waals surface area contributed by atoms with Crippen molar-refractivity contribution < 1.29 is 0 Å². The number of nitrogens with one attached hydrogen (secondary N) is 1. The molecule has 3 aromatic rings. The van der Waals surface area contributed by atoms with E-state index in [0.717, 1.165) is 0 Å². The highest BCUT2D eigenvalue weighted by atomic mass is 14.7. The molecule has 0 unspecified atom stereocenters. The van der Waals surface area contributed by atoms with Crippen molar-refractivity contribution in [2.45, 2.75) is 52.9 Å². The first kappa shape index (κ1) is 17.3. The van der Waals surface area contributed by atoms with Gasteiger partial charge in [-0.05, 0) is 36.5 Å². The Kier molecular flexibility index (Phi) is 6.46. The summed E-state index contributed by atoms with van der Waals surface area (Å²) in [7, 11) is 0. The predicted octanol–water partition coefficient (Wildman–Crippen LogP) is 6.69. The van der Waals surface area contributed by atoms with Gasteiger partial charge >= 0.3 is 0 Å². The molecule has 4 rings (SSSR count). The van der Waals surface area contributed by atoms with Crippen molar-refractivity contribution in [3.05, 3.63) is 71.4 Å². The van der Waals surface area contributed by atoms with Crippen molar-refractivity contribution in [3.8, 4) is 0 Å². The first-order valence-corrected chi connectivity index (χ1v) is 9.08. The molecule has 122 valence electrons. The average Bonchev–Trinajstić information content (AvgIpc) is 3.04. The molecular formula is C22H29N. The van der Waals surface area contributed by atoms with Crippen LogP contribution >= 0.6 is 0 Å². The molecular weight excluding hydrogens is 278 g/mol. The van der Waals surface area contributed by atoms with Crippen LogP contribution in [0.15, 0.2) is 54.6 Å². The topological polar surface area (TPSA) is 15.8 Å². The molecule has 23 heavy (non-hydrogen) atoms. The molecule has 0 radical (unpaired) electrons. The van der Waals surface area contributed by atoms with Gasteiger partial charge in [0, 0.05) is 22.5 Å². The Labute approximate surface area is 140 Å². The third-order valence-electron chi connectivity index (χ3n) is 4.32. The van der Waals surface area contributed by atoms with E-state index in [4.69, 9.17) is 0 Å². The number of aromatic nitrogens is 1. The molecule has 1 nitrogen and oxygen atoms in total. The summed E-state index contributed by atoms with van der Waals surface area (Å²) in [4.78, 5) is 3.66. The number of para-hydroxylation sites is 1. The van der Waals surface area contributed by atoms with Crippen LogP contribution in [0, 0.1) is 0 Å². The van der Waals surface area contributed by atoms with E-state index in [1.807, 2.05) is 27.7 Å². The van der Waals surface area contributed by atoms with Gasteiger partial charge < -0.3 is 4.98 Å². The summed E-state index contributed by atoms with van der Waals surface area (Å²) in [6, 6.07) is 19.6. The van der Waals surface area contributed by atoms with Crippen LogP contribution in [-0.4, -0.2) is 4.98 Å². The van der Waals surface area contributed by atoms with Gasteiger partial charge in [-0.25, -0.2) is 0 Å². The maximum atomic E-state index is 3.66. The SMILES string of the molecule is CC.CC.c1ccc([C@@H]2CCCc3c2[nH]c2ccccc32)cc1. The zero-order valence-corrected chi connectivity index (χ0v) is 14.9. The maximum absolute atomic E-state index is 3.66. The Morgan fingerprint density at radius 1 is 0.826 bits per heavy atom. The lowest BCUT2D eigenvalue weighted by atomic mass is 9.82. The van der Waals surface area contributed by atoms with Gasteiger partial charge in [0.25, 0.3) is 0 Å². The van der Waals surface area contributed by atoms with Crippen LogP contribution in [0.3, 0.4) is 0 Å². The second-order valence-electron chi connectivity index (χ2n) is 5.42. The Morgan fingerprint density at radius 3 is 2.22 bits per heavy atom. The van der Waals surface area contributed by atoms with Gasteiger partial charge in [0.2, 0.25) is 0 Å². The molecule has 1 atom stereocenters. The standard InChI is InChI=1S/C18H17N.2C2H6/c1-2-7-13(8-3-1)14-10-6-11-16-15-9-4-5-12-17(15)19-18(14)16;2*1-2/h1-5,7-9,12,14,19H,6,10-11H2;2*1-2H3/t14-;;/m0../s1. The molecule has 0 bridgehead atoms. The van der Waals surface area contributed by atoms with Gasteiger partial charge in [-0.1, -0.05) is 76.2 Å². The van der Waals surface area contributed by atoms with Gasteiger partial charge in [0.15, 0.2) is 0 Å². The molecule has 0 fully saturated rings. The summed E-state index contributed by atoms with van der Waals surface area (Å²) >= 11 is 0. The van der Waals surface area contributed by atoms with E-state index in [2.05, 4.69) is 59.6 Å². The van der Waals surface area contributed by atoms with Gasteiger partial charge in [-0.2, -0.15) is 0 Å². The quantitative estimate of drug-likeness (QED) is 0.515. The summed E-state index contributed by atoms with van der Waals surface area (Å²) in [6.07, 6.45) is 3.75. The third kappa shape index (κ3) is 3.50. The molecule has 1 heterocycles. The van der Waals surface area contributed by atoms with E-state index in [-0.39, 0.29) is 0 Å². The molecule has 0 saturated carbocycles. The molecule has 0 spiro atoms. The fraction of sp³-hybridized carbons (Fsp3) is 0.364. The van der Waals surface area contributed by atoms with Gasteiger partial charge in [-0.3, -0.25) is 0 Å². The highest BCUT2D eigenvalue weighted by molar-refractivity contribution is 5.85. The summed E-state index contributed by atoms with van der Waals surface area (Å²) in [6.45, 7) is 8.00. The number of H-pyrrole nitrogens is 1. The van der Waals surface area contributed by atoms with Crippen LogP contribution in [0.2, 0.25) is 0 Å². The monoisotopic (exact) mass is 307 g/mol. The van der Waals surface area contributed by atoms with Crippen LogP contribution < -0.4 is 0 Å². The number of hydrogen-bond acceptors (Lipinski definition) is 0. The van der Waals surface area contributed by atoms with Gasteiger partial charge in [-0.15, -0.1) is 0 Å². The highest BCUT2D eigenvalue weighted by Crippen LogP contribution is 2.39. The fourth-order valence-corrected chi connectivity index (χ4v) is 3.43. The van der Waals surface area contributed by atoms with E-state index in [0.29, 0.717) is 5.92 Å². The minimum Gasteiger partial charge on any atom is -0.358 e. The smallest absolute Gasteiger partial charge is 0.0459 e. The lowest BCUT2D eigenvalue weighted by molar-refractivity contribution is 0.608. The van der Waals surface area contributed by atoms with Crippen molar-refractivity contribution in [2.24, 2.45) is 0 Å². The van der Waals surface area contributed by atoms with Gasteiger partial charge in [0.05, 0.1) is 0 Å². The molecule has 2 aromatic carbocycles. The predicted molar refractivity (Wildman–Crippen MR) is 102 cm³/mol. The Hall–Kier alpha value is -2.02. The molecule has 1 aromatic heterocycles. The summed E-state index contributed by atoms with van der Waals surface area (Å²) in [5, 5.41) is 1.41. The van der Waals surface area contributed by atoms with E-state index in [9.17, 15) is 0 Å². The second kappa shape index (κ2) is 8.57. The zero-order chi connectivity index (χ0) is 16.7. The number of hydrogen-bond donors (Lipinski definition) is 1. The lowest BCUT2D eigenvalue weighted by Crippen LogP contribution is -2.10. The number of benzene rings is 2. The van der Waals surface area contributed by atoms with Crippen molar-refractivity contribution in [1.82, 2.24) is 4.98 Å². The maximum Gasteiger partial charge on any atom is 0.0459 e. The minimum absolute atomic E-state index is 0.539. The van der Waals surface area contributed by atoms with Crippen LogP contribution in [0.1, 0.15) is 63.3 Å². The summed E-state index contributed by atoms with van der Waals surface area (Å²) in [5.41, 5.74) is 5.71. The molecule has 1 aliphatic carbocycles. The number of aromatic amines is 1. The Morgan fingerprint density at radius 2 is 1.48 bits per heavy atom. The van der Waals surface area contributed by atoms with Crippen molar-refractivity contribution in [2.75, 3.05) is 0 Å². The Balaban J connectivity index is 0.000000448. The first-order chi connectivity index (χ1) is 11.4. The minimum atomic E-state index is 0.539. The second-order valence-corrected chi connectivity index (χ2v) is 5.42. The molecule has 0 aliphatic heterocycles. The number of rotatable bonds is 1. The van der Waals surface area contributed by atoms with Crippen LogP contribution in [0.4, 0.5) is 0 Å². The van der Waals surface area contributed by atoms with E-state index in [1.54, 1.807) is 0 Å². The summed E-state index contributed by atoms with van der Waals surface area (Å²) in [5.74, 6) is 0.539. The van der Waals surface area contributed by atoms with Crippen molar-refractivity contribution in [1.29, 1.82) is 0 Å². The lowest BCUT2D eigenvalue weighted by Gasteiger charge is -2.23. The largest absolute Gasteiger partial charge is 0.358 e. The number of aryl methyl sites for hydroxylation is 1. The van der Waals surface area contributed by atoms with Crippen LogP contribution in [0.5, 0.6) is 0 Å². The average molecular weight is 307 g/mol. The first-order valence-electron chi connectivity index (χ1n) is 9.08. The van der Waals surface area contributed by atoms with E-state index < -0.39 is 0 Å². The number of fused-ring (bicyclic) bond motifs is 3.